The first-order chi connectivity index (χ1) is 17.8. The number of benzene rings is 4. The molecule has 0 aliphatic heterocycles. The number of para-hydroxylation sites is 1. The number of rotatable bonds is 7. The zero-order valence-corrected chi connectivity index (χ0v) is 21.2. The van der Waals surface area contributed by atoms with Crippen LogP contribution in [-0.2, 0) is 15.6 Å². The van der Waals surface area contributed by atoms with Crippen molar-refractivity contribution in [2.75, 3.05) is 11.9 Å². The van der Waals surface area contributed by atoms with Gasteiger partial charge in [0.1, 0.15) is 0 Å². The molecule has 0 spiro atoms. The Morgan fingerprint density at radius 3 is 1.73 bits per heavy atom. The van der Waals surface area contributed by atoms with Gasteiger partial charge in [-0.2, -0.15) is 13.2 Å². The Kier molecular flexibility index (Phi) is 7.45. The average Bonchev–Trinajstić information content (AvgIpc) is 2.94. The summed E-state index contributed by atoms with van der Waals surface area (Å²) < 4.78 is 31.1. The number of hydrogen-bond acceptors (Lipinski definition) is 3. The second-order valence-corrected chi connectivity index (χ2v) is 10.1. The summed E-state index contributed by atoms with van der Waals surface area (Å²) in [6.07, 6.45) is 0. The number of aryl methyl sites for hydroxylation is 1. The van der Waals surface area contributed by atoms with Gasteiger partial charge in [-0.1, -0.05) is 96.6 Å². The molecule has 4 aromatic rings. The normalized spacial score (nSPS) is 12.0. The minimum absolute atomic E-state index is 0.0303. The van der Waals surface area contributed by atoms with Crippen LogP contribution >= 0.6 is 0 Å². The summed E-state index contributed by atoms with van der Waals surface area (Å²) >= 11 is 0. The highest BCUT2D eigenvalue weighted by Crippen LogP contribution is 2.32. The van der Waals surface area contributed by atoms with E-state index in [9.17, 15) is 19.1 Å². The maximum Gasteiger partial charge on any atom is 0.375 e. The third-order valence-corrected chi connectivity index (χ3v) is 7.31. The van der Waals surface area contributed by atoms with Gasteiger partial charge in [-0.25, -0.2) is 0 Å². The second kappa shape index (κ2) is 10.7. The van der Waals surface area contributed by atoms with E-state index < -0.39 is 15.6 Å². The van der Waals surface area contributed by atoms with Gasteiger partial charge in [-0.3, -0.25) is 0 Å². The monoisotopic (exact) mass is 510 g/mol. The van der Waals surface area contributed by atoms with E-state index in [-0.39, 0.29) is 16.4 Å². The van der Waals surface area contributed by atoms with Crippen molar-refractivity contribution in [1.82, 2.24) is 0 Å². The van der Waals surface area contributed by atoms with Gasteiger partial charge in [0, 0.05) is 23.9 Å². The molecule has 0 aliphatic carbocycles. The number of sulfonamides is 1. The van der Waals surface area contributed by atoms with Crippen molar-refractivity contribution >= 4 is 27.3 Å². The summed E-state index contributed by atoms with van der Waals surface area (Å²) in [6.45, 7) is 1.85. The molecule has 4 aromatic carbocycles. The molecule has 1 N–H and O–H groups in total. The molecule has 0 radical (unpaired) electrons. The average molecular weight is 511 g/mol. The van der Waals surface area contributed by atoms with Crippen LogP contribution in [0.5, 0.6) is 0 Å². The minimum atomic E-state index is -4.27. The van der Waals surface area contributed by atoms with E-state index in [0.717, 1.165) is 5.56 Å². The van der Waals surface area contributed by atoms with Crippen molar-refractivity contribution in [1.29, 1.82) is 0 Å². The van der Waals surface area contributed by atoms with Crippen molar-refractivity contribution in [3.8, 4) is 0 Å². The number of aliphatic hydroxyl groups is 1. The zero-order chi connectivity index (χ0) is 26.5. The molecule has 0 saturated heterocycles. The fourth-order valence-corrected chi connectivity index (χ4v) is 5.01. The van der Waals surface area contributed by atoms with Crippen molar-refractivity contribution in [3.63, 3.8) is 0 Å². The first-order valence-electron chi connectivity index (χ1n) is 11.5. The maximum atomic E-state index is 13.5. The molecule has 0 amide bonds. The van der Waals surface area contributed by atoms with Crippen molar-refractivity contribution in [2.24, 2.45) is 4.40 Å². The van der Waals surface area contributed by atoms with Crippen molar-refractivity contribution in [2.45, 2.75) is 17.4 Å². The minimum Gasteiger partial charge on any atom is -0.370 e. The van der Waals surface area contributed by atoms with Gasteiger partial charge < -0.3 is 15.5 Å². The van der Waals surface area contributed by atoms with Gasteiger partial charge in [0.25, 0.3) is 10.0 Å². The van der Waals surface area contributed by atoms with E-state index in [1.165, 1.54) is 17.0 Å². The zero-order valence-electron chi connectivity index (χ0n) is 20.4. The highest BCUT2D eigenvalue weighted by molar-refractivity contribution is 7.90. The SMILES string of the molecule is Cc1ccc(S(=O)(=O)/N=C(/C(=[N+]=[N-])C(O)(c2ccccc2)c2ccccc2)N(C)c2ccccc2)cc1. The van der Waals surface area contributed by atoms with E-state index >= 15 is 0 Å². The van der Waals surface area contributed by atoms with E-state index in [4.69, 9.17) is 0 Å². The quantitative estimate of drug-likeness (QED) is 0.166. The third kappa shape index (κ3) is 5.27. The van der Waals surface area contributed by atoms with E-state index in [1.54, 1.807) is 104 Å². The molecule has 8 heteroatoms. The molecule has 37 heavy (non-hydrogen) atoms. The second-order valence-electron chi connectivity index (χ2n) is 8.49. The lowest BCUT2D eigenvalue weighted by Crippen LogP contribution is -2.48. The first kappa shape index (κ1) is 25.7. The Labute approximate surface area is 216 Å². The maximum absolute atomic E-state index is 13.5. The molecular formula is C29H26N4O3S. The Morgan fingerprint density at radius 2 is 1.27 bits per heavy atom. The van der Waals surface area contributed by atoms with Crippen LogP contribution in [0.2, 0.25) is 0 Å². The van der Waals surface area contributed by atoms with Gasteiger partial charge >= 0.3 is 5.71 Å². The molecule has 0 aliphatic rings. The summed E-state index contributed by atoms with van der Waals surface area (Å²) in [5.74, 6) is -0.246. The van der Waals surface area contributed by atoms with Crippen LogP contribution in [0.1, 0.15) is 16.7 Å². The lowest BCUT2D eigenvalue weighted by Gasteiger charge is -2.28. The molecular weight excluding hydrogens is 484 g/mol. The molecule has 0 atom stereocenters. The molecule has 0 heterocycles. The lowest BCUT2D eigenvalue weighted by atomic mass is 9.81. The van der Waals surface area contributed by atoms with Gasteiger partial charge in [-0.05, 0) is 31.2 Å². The fourth-order valence-electron chi connectivity index (χ4n) is 3.99. The Balaban J connectivity index is 2.00. The summed E-state index contributed by atoms with van der Waals surface area (Å²) in [5, 5.41) is 12.3. The predicted octanol–water partition coefficient (Wildman–Crippen LogP) is 4.83. The Hall–Kier alpha value is -4.36. The van der Waals surface area contributed by atoms with Crippen molar-refractivity contribution in [3.05, 3.63) is 137 Å². The number of amidine groups is 1. The fraction of sp³-hybridized carbons (Fsp3) is 0.103. The summed E-state index contributed by atoms with van der Waals surface area (Å²) in [7, 11) is -2.67. The standard InChI is InChI=1S/C29H26N4O3S/c1-22-18-20-26(21-19-22)37(35,36)32-28(33(2)25-16-10-5-11-17-25)27(31-30)29(34,23-12-6-3-7-13-23)24-14-8-4-9-15-24/h3-21,34H,1-2H3/b32-28-. The Bertz CT molecular complexity index is 1510. The van der Waals surface area contributed by atoms with Crippen LogP contribution in [0.25, 0.3) is 5.53 Å². The van der Waals surface area contributed by atoms with Crippen LogP contribution in [-0.4, -0.2) is 36.9 Å². The summed E-state index contributed by atoms with van der Waals surface area (Å²) in [5.41, 5.74) is 10.2. The first-order valence-corrected chi connectivity index (χ1v) is 13.0. The lowest BCUT2D eigenvalue weighted by molar-refractivity contribution is -0.0284. The third-order valence-electron chi connectivity index (χ3n) is 6.02. The van der Waals surface area contributed by atoms with Gasteiger partial charge in [0.15, 0.2) is 0 Å². The highest BCUT2D eigenvalue weighted by Gasteiger charge is 2.49. The molecule has 186 valence electrons. The predicted molar refractivity (Wildman–Crippen MR) is 145 cm³/mol. The van der Waals surface area contributed by atoms with E-state index in [0.29, 0.717) is 16.8 Å². The number of nitrogens with zero attached hydrogens (tertiary/aromatic N) is 4. The number of anilines is 1. The van der Waals surface area contributed by atoms with Crippen LogP contribution in [0.15, 0.2) is 125 Å². The smallest absolute Gasteiger partial charge is 0.370 e. The van der Waals surface area contributed by atoms with Gasteiger partial charge in [0.2, 0.25) is 11.4 Å². The largest absolute Gasteiger partial charge is 0.375 e. The molecule has 0 bridgehead atoms. The Morgan fingerprint density at radius 1 is 0.811 bits per heavy atom. The van der Waals surface area contributed by atoms with Crippen LogP contribution in [0, 0.1) is 6.92 Å². The topological polar surface area (TPSA) is 106 Å². The molecule has 0 aromatic heterocycles. The van der Waals surface area contributed by atoms with Crippen molar-refractivity contribution < 1.29 is 18.3 Å². The summed E-state index contributed by atoms with van der Waals surface area (Å²) in [4.78, 5) is 4.92. The van der Waals surface area contributed by atoms with Gasteiger partial charge in [-0.15, -0.1) is 4.40 Å². The van der Waals surface area contributed by atoms with Crippen LogP contribution < -0.4 is 4.90 Å². The molecule has 7 nitrogen and oxygen atoms in total. The highest BCUT2D eigenvalue weighted by atomic mass is 32.2. The van der Waals surface area contributed by atoms with Gasteiger partial charge in [0.05, 0.1) is 4.90 Å². The molecule has 0 saturated carbocycles. The van der Waals surface area contributed by atoms with Crippen LogP contribution in [0.4, 0.5) is 5.69 Å². The van der Waals surface area contributed by atoms with Crippen LogP contribution in [0.3, 0.4) is 0 Å². The van der Waals surface area contributed by atoms with E-state index in [1.807, 2.05) is 13.0 Å². The van der Waals surface area contributed by atoms with E-state index in [2.05, 4.69) is 9.19 Å². The molecule has 4 rings (SSSR count). The number of hydrogen-bond donors (Lipinski definition) is 1. The molecule has 0 unspecified atom stereocenters. The summed E-state index contributed by atoms with van der Waals surface area (Å²) in [6, 6.07) is 32.4. The molecule has 0 fully saturated rings.